The van der Waals surface area contributed by atoms with E-state index in [1.807, 2.05) is 0 Å². The molecule has 0 bridgehead atoms. The molecule has 0 fully saturated rings. The van der Waals surface area contributed by atoms with Crippen LogP contribution in [0.5, 0.6) is 0 Å². The first-order valence-corrected chi connectivity index (χ1v) is 1.60. The summed E-state index contributed by atoms with van der Waals surface area (Å²) < 4.78 is 22.8. The molecule has 2 N–H and O–H groups in total. The third kappa shape index (κ3) is 36.0. The molecule has 0 aliphatic carbocycles. The van der Waals surface area contributed by atoms with Crippen LogP contribution in [0.1, 0.15) is 5.71 Å². The Kier molecular flexibility index (Phi) is 26.6. The van der Waals surface area contributed by atoms with Gasteiger partial charge >= 0.3 is 60.8 Å². The van der Waals surface area contributed by atoms with Gasteiger partial charge in [-0.15, -0.1) is 0 Å². The summed E-state index contributed by atoms with van der Waals surface area (Å²) in [4.78, 5) is 0. The van der Waals surface area contributed by atoms with E-state index in [1.54, 1.807) is 0 Å². The summed E-state index contributed by atoms with van der Waals surface area (Å²) in [6.07, 6.45) is 0. The van der Waals surface area contributed by atoms with E-state index in [0.717, 1.165) is 0 Å². The van der Waals surface area contributed by atoms with Gasteiger partial charge in [0.25, 0.3) is 11.4 Å². The second-order valence-electron chi connectivity index (χ2n) is 0.231. The molecule has 6 heavy (non-hydrogen) atoms. The molecule has 34 valence electrons. The third-order valence-electron chi connectivity index (χ3n) is 0. The van der Waals surface area contributed by atoms with Crippen LogP contribution in [0.2, 0.25) is 0 Å². The third-order valence-corrected chi connectivity index (χ3v) is 0. The van der Waals surface area contributed by atoms with E-state index >= 15 is 0 Å². The van der Waals surface area contributed by atoms with Crippen LogP contribution < -0.4 is 0 Å². The summed E-state index contributed by atoms with van der Waals surface area (Å²) in [6, 6.07) is 0. The number of hydrogen-bond donors (Lipinski definition) is 2. The van der Waals surface area contributed by atoms with Crippen LogP contribution in [0.3, 0.4) is 0 Å². The molecule has 0 aromatic heterocycles. The quantitative estimate of drug-likeness (QED) is 0.357. The van der Waals surface area contributed by atoms with Gasteiger partial charge in [0.2, 0.25) is 0 Å². The molecule has 0 heterocycles. The second-order valence-corrected chi connectivity index (χ2v) is 0.692. The average Bonchev–Trinajstić information content (AvgIpc) is 0.811. The summed E-state index contributed by atoms with van der Waals surface area (Å²) in [5.41, 5.74) is 0. The minimum atomic E-state index is -2.61. The fourth-order valence-electron chi connectivity index (χ4n) is 0. The maximum absolute atomic E-state index is 8.67. The molecule has 0 saturated carbocycles. The molecule has 0 amide bonds. The van der Waals surface area contributed by atoms with Gasteiger partial charge in [-0.05, 0) is 0 Å². The SMILES string of the molecule is O=S(O)O.[Ca+2].[H-].[H-].[H-].[H-].[Mg+2]. The Hall–Kier alpha value is 2.10. The number of hydrogen-bond acceptors (Lipinski definition) is 1. The zero-order chi connectivity index (χ0) is 3.58. The van der Waals surface area contributed by atoms with Gasteiger partial charge in [-0.2, -0.15) is 4.21 Å². The second kappa shape index (κ2) is 10.2. The molecule has 0 rings (SSSR count). The van der Waals surface area contributed by atoms with Crippen LogP contribution in [0.25, 0.3) is 0 Å². The van der Waals surface area contributed by atoms with E-state index in [4.69, 9.17) is 13.3 Å². The Morgan fingerprint density at radius 2 is 1.50 bits per heavy atom. The predicted molar refractivity (Wildman–Crippen MR) is 29.4 cm³/mol. The van der Waals surface area contributed by atoms with Crippen LogP contribution >= 0.6 is 0 Å². The van der Waals surface area contributed by atoms with Crippen molar-refractivity contribution in [2.24, 2.45) is 0 Å². The normalized spacial score (nSPS) is 5.83. The maximum atomic E-state index is 8.67. The van der Waals surface area contributed by atoms with Gasteiger partial charge in [-0.25, -0.2) is 0 Å². The summed E-state index contributed by atoms with van der Waals surface area (Å²) in [7, 11) is 0. The molecule has 3 nitrogen and oxygen atoms in total. The van der Waals surface area contributed by atoms with Gasteiger partial charge < -0.3 is 5.71 Å². The topological polar surface area (TPSA) is 57.5 Å². The van der Waals surface area contributed by atoms with Crippen molar-refractivity contribution in [3.63, 3.8) is 0 Å². The molecule has 0 aromatic carbocycles. The van der Waals surface area contributed by atoms with E-state index in [1.165, 1.54) is 0 Å². The first-order valence-electron chi connectivity index (χ1n) is 0.532. The van der Waals surface area contributed by atoms with Crippen molar-refractivity contribution < 1.29 is 19.0 Å². The summed E-state index contributed by atoms with van der Waals surface area (Å²) in [6.45, 7) is 0. The predicted octanol–water partition coefficient (Wildman–Crippen LogP) is -0.630. The zero-order valence-electron chi connectivity index (χ0n) is 7.13. The molecule has 0 aliphatic rings. The molecule has 0 unspecified atom stereocenters. The molecule has 0 spiro atoms. The van der Waals surface area contributed by atoms with Crippen LogP contribution in [0, 0.1) is 0 Å². The first kappa shape index (κ1) is 15.7. The smallest absolute Gasteiger partial charge is 1.00 e. The van der Waals surface area contributed by atoms with E-state index < -0.39 is 11.4 Å². The van der Waals surface area contributed by atoms with Gasteiger partial charge in [0.1, 0.15) is 0 Å². The molecule has 0 aliphatic heterocycles. The molecular formula is H6CaMgO3S. The summed E-state index contributed by atoms with van der Waals surface area (Å²) in [5, 5.41) is 0. The molecule has 0 aromatic rings. The molecule has 0 saturated heterocycles. The first-order chi connectivity index (χ1) is 1.73. The molecule has 6 heteroatoms. The summed E-state index contributed by atoms with van der Waals surface area (Å²) >= 11 is -2.61. The minimum Gasteiger partial charge on any atom is -1.00 e. The fraction of sp³-hybridized carbons (Fsp3) is 0. The standard InChI is InChI=1S/Ca.Mg.H2O3S.4H/c;;1-4(2)3;;;;/h;;(H2,1,2,3);;;;/q2*+2;;4*-1. The van der Waals surface area contributed by atoms with Crippen LogP contribution in [0.15, 0.2) is 0 Å². The summed E-state index contributed by atoms with van der Waals surface area (Å²) in [5.74, 6) is 0. The fourth-order valence-corrected chi connectivity index (χ4v) is 0. The van der Waals surface area contributed by atoms with Crippen molar-refractivity contribution in [3.05, 3.63) is 0 Å². The van der Waals surface area contributed by atoms with E-state index in [2.05, 4.69) is 0 Å². The largest absolute Gasteiger partial charge is 2.00 e. The van der Waals surface area contributed by atoms with Gasteiger partial charge in [-0.3, -0.25) is 9.11 Å². The van der Waals surface area contributed by atoms with Crippen molar-refractivity contribution in [2.45, 2.75) is 0 Å². The maximum Gasteiger partial charge on any atom is 2.00 e. The van der Waals surface area contributed by atoms with Crippen LogP contribution in [0.4, 0.5) is 0 Å². The van der Waals surface area contributed by atoms with Crippen molar-refractivity contribution in [3.8, 4) is 0 Å². The number of rotatable bonds is 0. The Bertz CT molecular complexity index is 43.5. The van der Waals surface area contributed by atoms with Crippen molar-refractivity contribution in [1.82, 2.24) is 0 Å². The minimum absolute atomic E-state index is 0. The van der Waals surface area contributed by atoms with Gasteiger partial charge in [0.05, 0.1) is 0 Å². The zero-order valence-corrected chi connectivity index (χ0v) is 7.56. The van der Waals surface area contributed by atoms with Gasteiger partial charge in [0.15, 0.2) is 0 Å². The Labute approximate surface area is 90.1 Å². The monoisotopic (exact) mass is 150 g/mol. The van der Waals surface area contributed by atoms with E-state index in [9.17, 15) is 0 Å². The Morgan fingerprint density at radius 1 is 1.50 bits per heavy atom. The molecule has 0 radical (unpaired) electrons. The average molecular weight is 150 g/mol. The molecular weight excluding hydrogens is 144 g/mol. The van der Waals surface area contributed by atoms with Gasteiger partial charge in [-0.1, -0.05) is 0 Å². The van der Waals surface area contributed by atoms with Crippen molar-refractivity contribution in [2.75, 3.05) is 0 Å². The van der Waals surface area contributed by atoms with Gasteiger partial charge in [0, 0.05) is 0 Å². The Morgan fingerprint density at radius 3 is 1.50 bits per heavy atom. The van der Waals surface area contributed by atoms with E-state index in [-0.39, 0.29) is 66.5 Å². The van der Waals surface area contributed by atoms with Crippen molar-refractivity contribution >= 4 is 72.2 Å². The Balaban J connectivity index is -0.00000000300. The molecule has 0 atom stereocenters. The van der Waals surface area contributed by atoms with Crippen LogP contribution in [-0.4, -0.2) is 74.1 Å². The van der Waals surface area contributed by atoms with E-state index in [0.29, 0.717) is 0 Å². The van der Waals surface area contributed by atoms with Crippen molar-refractivity contribution in [1.29, 1.82) is 0 Å². The van der Waals surface area contributed by atoms with Crippen LogP contribution in [-0.2, 0) is 11.4 Å².